The normalized spacial score (nSPS) is 18.3. The van der Waals surface area contributed by atoms with Gasteiger partial charge in [-0.3, -0.25) is 4.79 Å². The fraction of sp³-hybridized carbons (Fsp3) is 0.500. The summed E-state index contributed by atoms with van der Waals surface area (Å²) >= 11 is 0. The average Bonchev–Trinajstić information content (AvgIpc) is 2.53. The fourth-order valence-corrected chi connectivity index (χ4v) is 2.67. The number of aliphatic carboxylic acids is 1. The average molecular weight is 291 g/mol. The number of piperidine rings is 1. The van der Waals surface area contributed by atoms with Crippen molar-refractivity contribution in [1.29, 1.82) is 0 Å². The zero-order valence-corrected chi connectivity index (χ0v) is 12.2. The summed E-state index contributed by atoms with van der Waals surface area (Å²) in [5, 5.41) is 9.19. The van der Waals surface area contributed by atoms with E-state index in [1.165, 1.54) is 4.90 Å². The van der Waals surface area contributed by atoms with Crippen molar-refractivity contribution < 1.29 is 19.4 Å². The first-order chi connectivity index (χ1) is 10.1. The van der Waals surface area contributed by atoms with Gasteiger partial charge >= 0.3 is 5.97 Å². The summed E-state index contributed by atoms with van der Waals surface area (Å²) in [5.41, 5.74) is 1.05. The summed E-state index contributed by atoms with van der Waals surface area (Å²) in [6, 6.07) is 6.93. The van der Waals surface area contributed by atoms with Crippen molar-refractivity contribution in [3.63, 3.8) is 0 Å². The second-order valence-electron chi connectivity index (χ2n) is 5.29. The quantitative estimate of drug-likeness (QED) is 0.902. The number of carbonyl (C=O) groups excluding carboxylic acids is 1. The van der Waals surface area contributed by atoms with E-state index < -0.39 is 12.0 Å². The van der Waals surface area contributed by atoms with Crippen molar-refractivity contribution in [1.82, 2.24) is 4.90 Å². The van der Waals surface area contributed by atoms with Gasteiger partial charge in [0.15, 0.2) is 0 Å². The van der Waals surface area contributed by atoms with Crippen LogP contribution in [0.1, 0.15) is 31.2 Å². The second kappa shape index (κ2) is 7.11. The summed E-state index contributed by atoms with van der Waals surface area (Å²) in [6.45, 7) is 0.554. The molecule has 1 atom stereocenters. The van der Waals surface area contributed by atoms with E-state index >= 15 is 0 Å². The first kappa shape index (κ1) is 15.4. The Morgan fingerprint density at radius 1 is 1.29 bits per heavy atom. The molecule has 0 spiro atoms. The molecule has 1 aromatic rings. The number of hydrogen-bond acceptors (Lipinski definition) is 3. The van der Waals surface area contributed by atoms with Crippen molar-refractivity contribution in [2.45, 2.75) is 38.1 Å². The van der Waals surface area contributed by atoms with E-state index in [4.69, 9.17) is 4.74 Å². The van der Waals surface area contributed by atoms with Gasteiger partial charge in [-0.2, -0.15) is 0 Å². The molecule has 0 radical (unpaired) electrons. The predicted molar refractivity (Wildman–Crippen MR) is 78.3 cm³/mol. The minimum Gasteiger partial charge on any atom is -0.497 e. The van der Waals surface area contributed by atoms with Crippen molar-refractivity contribution in [3.05, 3.63) is 29.8 Å². The van der Waals surface area contributed by atoms with Crippen molar-refractivity contribution in [2.24, 2.45) is 0 Å². The highest BCUT2D eigenvalue weighted by atomic mass is 16.5. The number of rotatable bonds is 5. The Morgan fingerprint density at radius 3 is 2.62 bits per heavy atom. The molecule has 1 saturated heterocycles. The van der Waals surface area contributed by atoms with Gasteiger partial charge in [0.05, 0.1) is 7.11 Å². The molecule has 0 aromatic heterocycles. The molecule has 5 heteroatoms. The van der Waals surface area contributed by atoms with Crippen molar-refractivity contribution >= 4 is 11.9 Å². The monoisotopic (exact) mass is 291 g/mol. The van der Waals surface area contributed by atoms with Crippen LogP contribution in [0.15, 0.2) is 24.3 Å². The molecule has 0 bridgehead atoms. The highest BCUT2D eigenvalue weighted by Crippen LogP contribution is 2.19. The number of methoxy groups -OCH3 is 1. The molecule has 21 heavy (non-hydrogen) atoms. The number of carboxylic acid groups (broad SMARTS) is 1. The van der Waals surface area contributed by atoms with Crippen LogP contribution in [0.5, 0.6) is 5.75 Å². The number of benzene rings is 1. The lowest BCUT2D eigenvalue weighted by molar-refractivity contribution is -0.152. The van der Waals surface area contributed by atoms with Gasteiger partial charge < -0.3 is 14.7 Å². The van der Waals surface area contributed by atoms with Crippen LogP contribution in [0, 0.1) is 0 Å². The smallest absolute Gasteiger partial charge is 0.326 e. The van der Waals surface area contributed by atoms with Crippen molar-refractivity contribution in [3.8, 4) is 5.75 Å². The summed E-state index contributed by atoms with van der Waals surface area (Å²) in [5.74, 6) is -0.183. The molecular formula is C16H21NO4. The molecule has 2 rings (SSSR count). The van der Waals surface area contributed by atoms with Gasteiger partial charge in [0.1, 0.15) is 11.8 Å². The number of ether oxygens (including phenoxy) is 1. The number of carbonyl (C=O) groups is 2. The Morgan fingerprint density at radius 2 is 2.00 bits per heavy atom. The van der Waals surface area contributed by atoms with Gasteiger partial charge in [0.2, 0.25) is 5.91 Å². The number of amides is 1. The molecule has 0 saturated carbocycles. The van der Waals surface area contributed by atoms with Crippen LogP contribution in [0.25, 0.3) is 0 Å². The Balaban J connectivity index is 1.91. The molecule has 1 fully saturated rings. The zero-order chi connectivity index (χ0) is 15.2. The Bertz CT molecular complexity index is 498. The Hall–Kier alpha value is -2.04. The largest absolute Gasteiger partial charge is 0.497 e. The molecule has 1 heterocycles. The zero-order valence-electron chi connectivity index (χ0n) is 12.2. The van der Waals surface area contributed by atoms with Gasteiger partial charge in [-0.15, -0.1) is 0 Å². The minimum absolute atomic E-state index is 0.0714. The van der Waals surface area contributed by atoms with E-state index in [1.807, 2.05) is 24.3 Å². The highest BCUT2D eigenvalue weighted by Gasteiger charge is 2.31. The number of carboxylic acids is 1. The maximum Gasteiger partial charge on any atom is 0.326 e. The Kier molecular flexibility index (Phi) is 5.20. The Labute approximate surface area is 124 Å². The van der Waals surface area contributed by atoms with Crippen LogP contribution in [0.3, 0.4) is 0 Å². The lowest BCUT2D eigenvalue weighted by Gasteiger charge is -2.33. The SMILES string of the molecule is COc1ccc(CCC(=O)N2CCCC[C@@H]2C(=O)O)cc1. The van der Waals surface area contributed by atoms with E-state index in [-0.39, 0.29) is 5.91 Å². The van der Waals surface area contributed by atoms with E-state index in [0.717, 1.165) is 24.2 Å². The van der Waals surface area contributed by atoms with Gasteiger partial charge in [0, 0.05) is 13.0 Å². The van der Waals surface area contributed by atoms with Gasteiger partial charge in [-0.1, -0.05) is 12.1 Å². The van der Waals surface area contributed by atoms with Crippen LogP contribution in [-0.4, -0.2) is 41.6 Å². The molecule has 5 nitrogen and oxygen atoms in total. The van der Waals surface area contributed by atoms with Crippen LogP contribution >= 0.6 is 0 Å². The second-order valence-corrected chi connectivity index (χ2v) is 5.29. The number of hydrogen-bond donors (Lipinski definition) is 1. The molecule has 1 aliphatic heterocycles. The number of likely N-dealkylation sites (tertiary alicyclic amines) is 1. The molecule has 0 aliphatic carbocycles. The lowest BCUT2D eigenvalue weighted by atomic mass is 10.0. The summed E-state index contributed by atoms with van der Waals surface area (Å²) < 4.78 is 5.09. The topological polar surface area (TPSA) is 66.8 Å². The van der Waals surface area contributed by atoms with E-state index in [2.05, 4.69) is 0 Å². The maximum absolute atomic E-state index is 12.2. The first-order valence-electron chi connectivity index (χ1n) is 7.27. The molecule has 1 amide bonds. The minimum atomic E-state index is -0.896. The van der Waals surface area contributed by atoms with Crippen LogP contribution in [-0.2, 0) is 16.0 Å². The fourth-order valence-electron chi connectivity index (χ4n) is 2.67. The highest BCUT2D eigenvalue weighted by molar-refractivity contribution is 5.84. The third kappa shape index (κ3) is 3.97. The number of nitrogens with zero attached hydrogens (tertiary/aromatic N) is 1. The summed E-state index contributed by atoms with van der Waals surface area (Å²) in [4.78, 5) is 25.0. The first-order valence-corrected chi connectivity index (χ1v) is 7.27. The van der Waals surface area contributed by atoms with Gasteiger partial charge in [-0.05, 0) is 43.4 Å². The standard InChI is InChI=1S/C16H21NO4/c1-21-13-8-5-12(6-9-13)7-10-15(18)17-11-3-2-4-14(17)16(19)20/h5-6,8-9,14H,2-4,7,10-11H2,1H3,(H,19,20)/t14-/m1/s1. The molecule has 1 aliphatic rings. The third-order valence-electron chi connectivity index (χ3n) is 3.89. The predicted octanol–water partition coefficient (Wildman–Crippen LogP) is 2.09. The molecular weight excluding hydrogens is 270 g/mol. The van der Waals surface area contributed by atoms with Crippen LogP contribution in [0.2, 0.25) is 0 Å². The molecule has 1 N–H and O–H groups in total. The van der Waals surface area contributed by atoms with Crippen molar-refractivity contribution in [2.75, 3.05) is 13.7 Å². The number of aryl methyl sites for hydroxylation is 1. The summed E-state index contributed by atoms with van der Waals surface area (Å²) in [7, 11) is 1.61. The third-order valence-corrected chi connectivity index (χ3v) is 3.89. The van der Waals surface area contributed by atoms with E-state index in [0.29, 0.717) is 25.8 Å². The molecule has 0 unspecified atom stereocenters. The molecule has 114 valence electrons. The maximum atomic E-state index is 12.2. The van der Waals surface area contributed by atoms with E-state index in [9.17, 15) is 14.7 Å². The van der Waals surface area contributed by atoms with Gasteiger partial charge in [-0.25, -0.2) is 4.79 Å². The molecule has 1 aromatic carbocycles. The summed E-state index contributed by atoms with van der Waals surface area (Å²) in [6.07, 6.45) is 3.28. The lowest BCUT2D eigenvalue weighted by Crippen LogP contribution is -2.48. The van der Waals surface area contributed by atoms with E-state index in [1.54, 1.807) is 7.11 Å². The van der Waals surface area contributed by atoms with Gasteiger partial charge in [0.25, 0.3) is 0 Å². The van der Waals surface area contributed by atoms with Crippen LogP contribution in [0.4, 0.5) is 0 Å². The van der Waals surface area contributed by atoms with Crippen LogP contribution < -0.4 is 4.74 Å².